The predicted octanol–water partition coefficient (Wildman–Crippen LogP) is 1.79. The molecule has 2 aliphatic rings. The molecule has 2 aliphatic heterocycles. The largest absolute Gasteiger partial charge is 0.458 e. The molecule has 0 aromatic rings. The van der Waals surface area contributed by atoms with Crippen LogP contribution in [0.4, 0.5) is 0 Å². The molecule has 5 nitrogen and oxygen atoms in total. The Morgan fingerprint density at radius 3 is 2.55 bits per heavy atom. The van der Waals surface area contributed by atoms with Crippen molar-refractivity contribution in [2.75, 3.05) is 6.61 Å². The minimum absolute atomic E-state index is 0.0962. The summed E-state index contributed by atoms with van der Waals surface area (Å²) in [5, 5.41) is 2.97. The summed E-state index contributed by atoms with van der Waals surface area (Å²) in [6, 6.07) is 0. The van der Waals surface area contributed by atoms with Crippen LogP contribution in [0, 0.1) is 5.92 Å². The molecule has 0 aromatic heterocycles. The van der Waals surface area contributed by atoms with Gasteiger partial charge in [0.15, 0.2) is 0 Å². The third kappa shape index (κ3) is 3.14. The molecule has 5 heteroatoms. The van der Waals surface area contributed by atoms with Crippen LogP contribution in [-0.4, -0.2) is 35.2 Å². The Bertz CT molecular complexity index is 424. The van der Waals surface area contributed by atoms with E-state index in [0.717, 1.165) is 0 Å². The molecule has 1 amide bonds. The fourth-order valence-electron chi connectivity index (χ4n) is 3.23. The third-order valence-corrected chi connectivity index (χ3v) is 3.88. The second kappa shape index (κ2) is 4.72. The Labute approximate surface area is 120 Å². The summed E-state index contributed by atoms with van der Waals surface area (Å²) >= 11 is 0. The van der Waals surface area contributed by atoms with Gasteiger partial charge in [-0.1, -0.05) is 0 Å². The standard InChI is InChI=1S/C15H25NO4/c1-13(2,3)16-12(18)10-8-11(17)20-15(10)6-7-19-14(4,5)9-15/h10H,6-9H2,1-5H3,(H,16,18)/t10-,15-/m1/s1. The van der Waals surface area contributed by atoms with Crippen molar-refractivity contribution in [3.05, 3.63) is 0 Å². The van der Waals surface area contributed by atoms with Crippen LogP contribution in [0.2, 0.25) is 0 Å². The van der Waals surface area contributed by atoms with Crippen molar-refractivity contribution in [3.8, 4) is 0 Å². The van der Waals surface area contributed by atoms with Gasteiger partial charge in [0.2, 0.25) is 5.91 Å². The fraction of sp³-hybridized carbons (Fsp3) is 0.867. The molecule has 2 heterocycles. The molecule has 1 spiro atoms. The highest BCUT2D eigenvalue weighted by Crippen LogP contribution is 2.45. The zero-order chi connectivity index (χ0) is 15.2. The zero-order valence-corrected chi connectivity index (χ0v) is 13.0. The number of carbonyl (C=O) groups excluding carboxylic acids is 2. The minimum atomic E-state index is -0.700. The molecule has 0 aliphatic carbocycles. The lowest BCUT2D eigenvalue weighted by Crippen LogP contribution is -2.55. The topological polar surface area (TPSA) is 64.6 Å². The summed E-state index contributed by atoms with van der Waals surface area (Å²) in [6.45, 7) is 10.3. The lowest BCUT2D eigenvalue weighted by Gasteiger charge is -2.44. The first-order valence-electron chi connectivity index (χ1n) is 7.21. The summed E-state index contributed by atoms with van der Waals surface area (Å²) in [5.74, 6) is -0.796. The Kier molecular flexibility index (Phi) is 3.61. The van der Waals surface area contributed by atoms with Gasteiger partial charge in [0.25, 0.3) is 0 Å². The van der Waals surface area contributed by atoms with E-state index in [-0.39, 0.29) is 29.4 Å². The number of hydrogen-bond donors (Lipinski definition) is 1. The van der Waals surface area contributed by atoms with Crippen molar-refractivity contribution in [2.24, 2.45) is 5.92 Å². The van der Waals surface area contributed by atoms with E-state index in [1.165, 1.54) is 0 Å². The molecule has 20 heavy (non-hydrogen) atoms. The first kappa shape index (κ1) is 15.3. The monoisotopic (exact) mass is 283 g/mol. The second-order valence-corrected chi connectivity index (χ2v) is 7.57. The SMILES string of the molecule is CC(C)(C)NC(=O)[C@H]1CC(=O)O[C@@]12CCOC(C)(C)C2. The van der Waals surface area contributed by atoms with Crippen LogP contribution in [0.15, 0.2) is 0 Å². The number of rotatable bonds is 1. The summed E-state index contributed by atoms with van der Waals surface area (Å²) < 4.78 is 11.3. The maximum atomic E-state index is 12.5. The van der Waals surface area contributed by atoms with Gasteiger partial charge in [-0.3, -0.25) is 9.59 Å². The van der Waals surface area contributed by atoms with Crippen LogP contribution < -0.4 is 5.32 Å². The molecule has 1 N–H and O–H groups in total. The van der Waals surface area contributed by atoms with Gasteiger partial charge in [0.05, 0.1) is 24.5 Å². The second-order valence-electron chi connectivity index (χ2n) is 7.57. The Morgan fingerprint density at radius 1 is 1.35 bits per heavy atom. The Balaban J connectivity index is 2.22. The highest BCUT2D eigenvalue weighted by atomic mass is 16.6. The molecule has 0 unspecified atom stereocenters. The van der Waals surface area contributed by atoms with E-state index >= 15 is 0 Å². The van der Waals surface area contributed by atoms with Crippen molar-refractivity contribution in [3.63, 3.8) is 0 Å². The van der Waals surface area contributed by atoms with E-state index in [2.05, 4.69) is 5.32 Å². The van der Waals surface area contributed by atoms with Crippen LogP contribution in [-0.2, 0) is 19.1 Å². The van der Waals surface area contributed by atoms with Gasteiger partial charge in [-0.05, 0) is 34.6 Å². The molecule has 2 rings (SSSR count). The zero-order valence-electron chi connectivity index (χ0n) is 13.0. The molecule has 2 saturated heterocycles. The summed E-state index contributed by atoms with van der Waals surface area (Å²) in [6.07, 6.45) is 1.32. The molecule has 0 aromatic carbocycles. The minimum Gasteiger partial charge on any atom is -0.458 e. The normalized spacial score (nSPS) is 33.0. The average Bonchev–Trinajstić information content (AvgIpc) is 2.50. The molecule has 2 atom stereocenters. The van der Waals surface area contributed by atoms with Gasteiger partial charge in [-0.15, -0.1) is 0 Å². The molecular weight excluding hydrogens is 258 g/mol. The summed E-state index contributed by atoms with van der Waals surface area (Å²) in [4.78, 5) is 24.3. The Morgan fingerprint density at radius 2 is 2.00 bits per heavy atom. The quantitative estimate of drug-likeness (QED) is 0.745. The van der Waals surface area contributed by atoms with E-state index < -0.39 is 11.5 Å². The van der Waals surface area contributed by atoms with Crippen LogP contribution in [0.25, 0.3) is 0 Å². The number of nitrogens with one attached hydrogen (secondary N) is 1. The van der Waals surface area contributed by atoms with Crippen molar-refractivity contribution < 1.29 is 19.1 Å². The van der Waals surface area contributed by atoms with Crippen molar-refractivity contribution in [2.45, 2.75) is 70.6 Å². The average molecular weight is 283 g/mol. The maximum absolute atomic E-state index is 12.5. The molecule has 0 saturated carbocycles. The highest BCUT2D eigenvalue weighted by Gasteiger charge is 2.56. The van der Waals surface area contributed by atoms with Crippen LogP contribution in [0.3, 0.4) is 0 Å². The number of ether oxygens (including phenoxy) is 2. The van der Waals surface area contributed by atoms with Crippen LogP contribution >= 0.6 is 0 Å². The van der Waals surface area contributed by atoms with Gasteiger partial charge in [-0.25, -0.2) is 0 Å². The van der Waals surface area contributed by atoms with Crippen LogP contribution in [0.1, 0.15) is 53.9 Å². The summed E-state index contributed by atoms with van der Waals surface area (Å²) in [5.41, 5.74) is -1.39. The lowest BCUT2D eigenvalue weighted by atomic mass is 9.75. The van der Waals surface area contributed by atoms with E-state index in [9.17, 15) is 9.59 Å². The molecular formula is C15H25NO4. The number of carbonyl (C=O) groups is 2. The van der Waals surface area contributed by atoms with Gasteiger partial charge in [0.1, 0.15) is 5.60 Å². The number of hydrogen-bond acceptors (Lipinski definition) is 4. The van der Waals surface area contributed by atoms with Gasteiger partial charge in [0, 0.05) is 18.4 Å². The first-order valence-corrected chi connectivity index (χ1v) is 7.21. The third-order valence-electron chi connectivity index (χ3n) is 3.88. The molecule has 0 radical (unpaired) electrons. The smallest absolute Gasteiger partial charge is 0.307 e. The maximum Gasteiger partial charge on any atom is 0.307 e. The van der Waals surface area contributed by atoms with Crippen molar-refractivity contribution in [1.29, 1.82) is 0 Å². The van der Waals surface area contributed by atoms with Crippen molar-refractivity contribution >= 4 is 11.9 Å². The molecule has 0 bridgehead atoms. The number of esters is 1. The van der Waals surface area contributed by atoms with Gasteiger partial charge < -0.3 is 14.8 Å². The fourth-order valence-corrected chi connectivity index (χ4v) is 3.23. The predicted molar refractivity (Wildman–Crippen MR) is 74.1 cm³/mol. The first-order chi connectivity index (χ1) is 9.03. The lowest BCUT2D eigenvalue weighted by molar-refractivity contribution is -0.179. The van der Waals surface area contributed by atoms with E-state index in [1.54, 1.807) is 0 Å². The molecule has 114 valence electrons. The van der Waals surface area contributed by atoms with Crippen LogP contribution in [0.5, 0.6) is 0 Å². The summed E-state index contributed by atoms with van der Waals surface area (Å²) in [7, 11) is 0. The van der Waals surface area contributed by atoms with E-state index in [0.29, 0.717) is 19.4 Å². The van der Waals surface area contributed by atoms with Gasteiger partial charge in [-0.2, -0.15) is 0 Å². The highest BCUT2D eigenvalue weighted by molar-refractivity contribution is 5.88. The number of amides is 1. The van der Waals surface area contributed by atoms with Crippen molar-refractivity contribution in [1.82, 2.24) is 5.32 Å². The van der Waals surface area contributed by atoms with Gasteiger partial charge >= 0.3 is 5.97 Å². The van der Waals surface area contributed by atoms with E-state index in [1.807, 2.05) is 34.6 Å². The Hall–Kier alpha value is -1.10. The van der Waals surface area contributed by atoms with E-state index in [4.69, 9.17) is 9.47 Å². The molecule has 2 fully saturated rings.